The molecular weight excluding hydrogens is 625 g/mol. The van der Waals surface area contributed by atoms with E-state index in [1.54, 1.807) is 32.0 Å². The molecule has 2 fully saturated rings. The van der Waals surface area contributed by atoms with Gasteiger partial charge in [0.2, 0.25) is 0 Å². The lowest BCUT2D eigenvalue weighted by molar-refractivity contribution is -0.223. The number of carbonyl (C=O) groups excluding carboxylic acids is 4. The molecule has 16 heteroatoms. The van der Waals surface area contributed by atoms with Crippen molar-refractivity contribution in [1.82, 2.24) is 9.55 Å². The number of hydrogen-bond acceptors (Lipinski definition) is 13. The number of esters is 3. The standard InChI is InChI=1S/C31H38FN3O12/c1-6-7-11-14-41-31(40)34-26-21(32)15-35(30(39)33-26)27-24(22(16(2)42-27)46-28(38)20-12-9-8-10-13-20)47-29-25(45-19(5)37)23(17(3)43-29)44-18(4)36/h8-10,12-13,15-17,22-25,27,29H,6-7,11,14H2,1-5H3,(H,33,34,39,40)/t16-,17-,22-,23-,24-,25-,27-,29+/m1/s1. The lowest BCUT2D eigenvalue weighted by Crippen LogP contribution is -2.46. The van der Waals surface area contributed by atoms with Gasteiger partial charge in [0.05, 0.1) is 30.6 Å². The fourth-order valence-corrected chi connectivity index (χ4v) is 5.19. The summed E-state index contributed by atoms with van der Waals surface area (Å²) in [6.45, 7) is 7.50. The Kier molecular flexibility index (Phi) is 12.0. The molecule has 3 heterocycles. The summed E-state index contributed by atoms with van der Waals surface area (Å²) in [7, 11) is 0. The fourth-order valence-electron chi connectivity index (χ4n) is 5.19. The number of unbranched alkanes of at least 4 members (excludes halogenated alkanes) is 2. The van der Waals surface area contributed by atoms with Gasteiger partial charge in [0, 0.05) is 13.8 Å². The van der Waals surface area contributed by atoms with Gasteiger partial charge in [0.25, 0.3) is 0 Å². The van der Waals surface area contributed by atoms with E-state index in [1.165, 1.54) is 19.1 Å². The average molecular weight is 664 g/mol. The van der Waals surface area contributed by atoms with E-state index in [0.717, 1.165) is 30.5 Å². The number of benzene rings is 1. The van der Waals surface area contributed by atoms with Crippen molar-refractivity contribution in [2.45, 2.75) is 103 Å². The van der Waals surface area contributed by atoms with Gasteiger partial charge < -0.3 is 33.2 Å². The second-order valence-electron chi connectivity index (χ2n) is 11.0. The SMILES string of the molecule is CCCCCOC(=O)Nc1nc(=O)n([C@@H]2O[C@H](C)[C@@H](OC(=O)c3ccccc3)[C@H]2O[C@@H]2O[C@H](C)[C@@H](OC(C)=O)[C@H]2OC(C)=O)cc1F. The number of nitrogens with one attached hydrogen (secondary N) is 1. The Hall–Kier alpha value is -4.41. The number of halogens is 1. The second kappa shape index (κ2) is 15.9. The summed E-state index contributed by atoms with van der Waals surface area (Å²) >= 11 is 0. The van der Waals surface area contributed by atoms with Crippen molar-refractivity contribution in [2.24, 2.45) is 0 Å². The third-order valence-corrected chi connectivity index (χ3v) is 7.36. The minimum Gasteiger partial charge on any atom is -0.456 e. The van der Waals surface area contributed by atoms with E-state index >= 15 is 4.39 Å². The smallest absolute Gasteiger partial charge is 0.412 e. The van der Waals surface area contributed by atoms with E-state index in [1.807, 2.05) is 6.92 Å². The molecule has 2 aliphatic rings. The van der Waals surface area contributed by atoms with Crippen LogP contribution in [0.1, 0.15) is 70.5 Å². The summed E-state index contributed by atoms with van der Waals surface area (Å²) < 4.78 is 55.6. The zero-order valence-corrected chi connectivity index (χ0v) is 26.6. The highest BCUT2D eigenvalue weighted by Gasteiger charge is 2.54. The van der Waals surface area contributed by atoms with Crippen LogP contribution in [0.3, 0.4) is 0 Å². The molecule has 1 aromatic carbocycles. The van der Waals surface area contributed by atoms with Crippen molar-refractivity contribution in [1.29, 1.82) is 0 Å². The topological polar surface area (TPSA) is 180 Å². The van der Waals surface area contributed by atoms with Gasteiger partial charge in [0.15, 0.2) is 42.5 Å². The summed E-state index contributed by atoms with van der Waals surface area (Å²) in [5.74, 6) is -3.92. The van der Waals surface area contributed by atoms with Crippen molar-refractivity contribution in [3.05, 3.63) is 58.4 Å². The van der Waals surface area contributed by atoms with Crippen molar-refractivity contribution >= 4 is 29.8 Å². The number of amides is 1. The highest BCUT2D eigenvalue weighted by atomic mass is 19.1. The molecular formula is C31H38FN3O12. The second-order valence-corrected chi connectivity index (χ2v) is 11.0. The van der Waals surface area contributed by atoms with Crippen LogP contribution in [0.4, 0.5) is 15.0 Å². The molecule has 47 heavy (non-hydrogen) atoms. The molecule has 4 rings (SSSR count). The third-order valence-electron chi connectivity index (χ3n) is 7.36. The van der Waals surface area contributed by atoms with Gasteiger partial charge in [-0.3, -0.25) is 19.5 Å². The van der Waals surface area contributed by atoms with Crippen molar-refractivity contribution in [2.75, 3.05) is 11.9 Å². The van der Waals surface area contributed by atoms with Crippen molar-refractivity contribution in [3.63, 3.8) is 0 Å². The van der Waals surface area contributed by atoms with Gasteiger partial charge in [-0.15, -0.1) is 0 Å². The first-order valence-electron chi connectivity index (χ1n) is 15.2. The number of aromatic nitrogens is 2. The van der Waals surface area contributed by atoms with Crippen LogP contribution in [-0.2, 0) is 42.7 Å². The number of rotatable bonds is 12. The first kappa shape index (κ1) is 35.4. The number of nitrogens with zero attached hydrogens (tertiary/aromatic N) is 2. The molecule has 0 aliphatic carbocycles. The van der Waals surface area contributed by atoms with E-state index in [4.69, 9.17) is 33.2 Å². The van der Waals surface area contributed by atoms with Gasteiger partial charge in [-0.1, -0.05) is 38.0 Å². The van der Waals surface area contributed by atoms with Crippen LogP contribution in [0.25, 0.3) is 0 Å². The minimum atomic E-state index is -1.47. The highest BCUT2D eigenvalue weighted by molar-refractivity contribution is 5.89. The largest absolute Gasteiger partial charge is 0.456 e. The Morgan fingerprint density at radius 3 is 2.21 bits per heavy atom. The molecule has 0 radical (unpaired) electrons. The van der Waals surface area contributed by atoms with E-state index < -0.39 is 90.5 Å². The van der Waals surface area contributed by atoms with Gasteiger partial charge >= 0.3 is 29.7 Å². The fraction of sp³-hybridized carbons (Fsp3) is 0.548. The van der Waals surface area contributed by atoms with Gasteiger partial charge in [-0.05, 0) is 32.4 Å². The molecule has 15 nitrogen and oxygen atoms in total. The molecule has 0 bridgehead atoms. The maximum absolute atomic E-state index is 15.3. The van der Waals surface area contributed by atoms with Crippen LogP contribution in [0.5, 0.6) is 0 Å². The Morgan fingerprint density at radius 1 is 0.915 bits per heavy atom. The zero-order valence-electron chi connectivity index (χ0n) is 26.6. The van der Waals surface area contributed by atoms with Crippen LogP contribution in [0, 0.1) is 5.82 Å². The van der Waals surface area contributed by atoms with E-state index in [0.29, 0.717) is 6.42 Å². The summed E-state index contributed by atoms with van der Waals surface area (Å²) in [5, 5.41) is 2.11. The highest BCUT2D eigenvalue weighted by Crippen LogP contribution is 2.38. The zero-order chi connectivity index (χ0) is 34.2. The summed E-state index contributed by atoms with van der Waals surface area (Å²) in [6.07, 6.45) is -7.46. The van der Waals surface area contributed by atoms with E-state index in [-0.39, 0.29) is 12.2 Å². The Labute approximate surface area is 269 Å². The van der Waals surface area contributed by atoms with Crippen LogP contribution >= 0.6 is 0 Å². The number of carbonyl (C=O) groups is 4. The van der Waals surface area contributed by atoms with E-state index in [2.05, 4.69) is 10.3 Å². The molecule has 1 N–H and O–H groups in total. The molecule has 2 saturated heterocycles. The number of ether oxygens (including phenoxy) is 7. The molecule has 2 aliphatic heterocycles. The van der Waals surface area contributed by atoms with Crippen LogP contribution in [0.2, 0.25) is 0 Å². The monoisotopic (exact) mass is 663 g/mol. The molecule has 0 spiro atoms. The summed E-state index contributed by atoms with van der Waals surface area (Å²) in [4.78, 5) is 65.9. The first-order valence-corrected chi connectivity index (χ1v) is 15.2. The Balaban J connectivity index is 1.65. The maximum Gasteiger partial charge on any atom is 0.412 e. The van der Waals surface area contributed by atoms with Crippen LogP contribution < -0.4 is 11.0 Å². The molecule has 256 valence electrons. The molecule has 2 aromatic rings. The van der Waals surface area contributed by atoms with Gasteiger partial charge in [-0.2, -0.15) is 4.98 Å². The number of hydrogen-bond donors (Lipinski definition) is 1. The molecule has 8 atom stereocenters. The van der Waals surface area contributed by atoms with Crippen LogP contribution in [-0.4, -0.2) is 83.1 Å². The summed E-state index contributed by atoms with van der Waals surface area (Å²) in [5.41, 5.74) is -0.842. The first-order chi connectivity index (χ1) is 22.4. The van der Waals surface area contributed by atoms with Gasteiger partial charge in [0.1, 0.15) is 6.10 Å². The maximum atomic E-state index is 15.3. The quantitative estimate of drug-likeness (QED) is 0.199. The van der Waals surface area contributed by atoms with Crippen molar-refractivity contribution in [3.8, 4) is 0 Å². The predicted octanol–water partition coefficient (Wildman–Crippen LogP) is 3.26. The third kappa shape index (κ3) is 8.90. The van der Waals surface area contributed by atoms with Gasteiger partial charge in [-0.25, -0.2) is 18.8 Å². The lowest BCUT2D eigenvalue weighted by atomic mass is 10.1. The number of anilines is 1. The Bertz CT molecular complexity index is 1490. The van der Waals surface area contributed by atoms with Crippen LogP contribution in [0.15, 0.2) is 41.3 Å². The lowest BCUT2D eigenvalue weighted by Gasteiger charge is -2.29. The average Bonchev–Trinajstić information content (AvgIpc) is 3.47. The minimum absolute atomic E-state index is 0.1000. The molecule has 1 aromatic heterocycles. The predicted molar refractivity (Wildman–Crippen MR) is 158 cm³/mol. The summed E-state index contributed by atoms with van der Waals surface area (Å²) in [6, 6.07) is 8.05. The molecule has 0 unspecified atom stereocenters. The normalized spacial score (nSPS) is 26.8. The molecule has 1 amide bonds. The Morgan fingerprint density at radius 2 is 1.55 bits per heavy atom. The molecule has 0 saturated carbocycles. The van der Waals surface area contributed by atoms with E-state index in [9.17, 15) is 24.0 Å². The van der Waals surface area contributed by atoms with Crippen molar-refractivity contribution < 1.29 is 56.7 Å².